The number of fused-ring (bicyclic) bond motifs is 1. The van der Waals surface area contributed by atoms with Crippen LogP contribution in [0, 0.1) is 0 Å². The van der Waals surface area contributed by atoms with Crippen molar-refractivity contribution in [3.05, 3.63) is 58.5 Å². The van der Waals surface area contributed by atoms with Crippen LogP contribution in [0.25, 0.3) is 11.0 Å². The van der Waals surface area contributed by atoms with Crippen molar-refractivity contribution in [1.82, 2.24) is 15.3 Å². The molecule has 1 amide bonds. The van der Waals surface area contributed by atoms with E-state index in [2.05, 4.69) is 15.3 Å². The summed E-state index contributed by atoms with van der Waals surface area (Å²) in [5.41, 5.74) is 1.57. The summed E-state index contributed by atoms with van der Waals surface area (Å²) in [6.07, 6.45) is 1.49. The van der Waals surface area contributed by atoms with E-state index in [0.717, 1.165) is 10.4 Å². The molecule has 3 aromatic rings. The molecule has 6 nitrogen and oxygen atoms in total. The molecule has 2 heterocycles. The molecule has 1 unspecified atom stereocenters. The molecule has 0 aliphatic rings. The van der Waals surface area contributed by atoms with Crippen LogP contribution in [-0.2, 0) is 9.53 Å². The molecule has 0 aliphatic heterocycles. The lowest BCUT2D eigenvalue weighted by Crippen LogP contribution is -2.30. The minimum absolute atomic E-state index is 0.0593. The summed E-state index contributed by atoms with van der Waals surface area (Å²) in [6, 6.07) is 10.6. The summed E-state index contributed by atoms with van der Waals surface area (Å²) in [5.74, 6) is -0.770. The number of esters is 1. The predicted octanol–water partition coefficient (Wildman–Crippen LogP) is 2.73. The van der Waals surface area contributed by atoms with Gasteiger partial charge in [0.15, 0.2) is 0 Å². The van der Waals surface area contributed by atoms with Crippen LogP contribution < -0.4 is 5.32 Å². The Kier molecular flexibility index (Phi) is 4.81. The molecule has 0 fully saturated rings. The van der Waals surface area contributed by atoms with Gasteiger partial charge in [0, 0.05) is 4.88 Å². The van der Waals surface area contributed by atoms with Crippen molar-refractivity contribution in [1.29, 1.82) is 0 Å². The number of hydrogen-bond acceptors (Lipinski definition) is 6. The van der Waals surface area contributed by atoms with Gasteiger partial charge in [-0.2, -0.15) is 0 Å². The Morgan fingerprint density at radius 1 is 1.21 bits per heavy atom. The zero-order chi connectivity index (χ0) is 16.9. The Morgan fingerprint density at radius 2 is 2.00 bits per heavy atom. The molecule has 3 rings (SSSR count). The average molecular weight is 341 g/mol. The van der Waals surface area contributed by atoms with Crippen LogP contribution in [0.4, 0.5) is 0 Å². The van der Waals surface area contributed by atoms with E-state index in [4.69, 9.17) is 4.74 Å². The number of ether oxygens (including phenoxy) is 1. The number of benzene rings is 1. The molecular weight excluding hydrogens is 326 g/mol. The summed E-state index contributed by atoms with van der Waals surface area (Å²) >= 11 is 1.46. The lowest BCUT2D eigenvalue weighted by molar-refractivity contribution is -0.141. The lowest BCUT2D eigenvalue weighted by atomic mass is 10.1. The predicted molar refractivity (Wildman–Crippen MR) is 90.7 cm³/mol. The van der Waals surface area contributed by atoms with Gasteiger partial charge < -0.3 is 10.1 Å². The van der Waals surface area contributed by atoms with E-state index >= 15 is 0 Å². The molecule has 0 radical (unpaired) electrons. The topological polar surface area (TPSA) is 81.2 Å². The lowest BCUT2D eigenvalue weighted by Gasteiger charge is -2.16. The van der Waals surface area contributed by atoms with E-state index in [0.29, 0.717) is 5.52 Å². The molecule has 0 saturated carbocycles. The van der Waals surface area contributed by atoms with Gasteiger partial charge in [-0.15, -0.1) is 11.3 Å². The molecule has 1 N–H and O–H groups in total. The number of aromatic nitrogens is 2. The quantitative estimate of drug-likeness (QED) is 0.722. The third-order valence-electron chi connectivity index (χ3n) is 3.47. The fourth-order valence-electron chi connectivity index (χ4n) is 2.26. The molecular formula is C17H15N3O3S. The molecule has 0 aliphatic carbocycles. The van der Waals surface area contributed by atoms with Crippen LogP contribution in [0.2, 0.25) is 0 Å². The Balaban J connectivity index is 1.82. The fraction of sp³-hybridized carbons (Fsp3) is 0.176. The van der Waals surface area contributed by atoms with E-state index in [-0.39, 0.29) is 18.0 Å². The highest BCUT2D eigenvalue weighted by atomic mass is 32.1. The number of amides is 1. The molecule has 1 atom stereocenters. The van der Waals surface area contributed by atoms with Crippen molar-refractivity contribution >= 4 is 34.2 Å². The summed E-state index contributed by atoms with van der Waals surface area (Å²) in [7, 11) is 1.32. The minimum atomic E-state index is -0.460. The smallest absolute Gasteiger partial charge is 0.307 e. The van der Waals surface area contributed by atoms with Gasteiger partial charge in [-0.1, -0.05) is 18.2 Å². The van der Waals surface area contributed by atoms with Crippen molar-refractivity contribution < 1.29 is 14.3 Å². The monoisotopic (exact) mass is 341 g/mol. The molecule has 122 valence electrons. The first kappa shape index (κ1) is 16.1. The number of carbonyl (C=O) groups excluding carboxylic acids is 2. The minimum Gasteiger partial charge on any atom is -0.469 e. The SMILES string of the molecule is COC(=O)CC(NC(=O)c1cnc2ccccc2n1)c1cccs1. The van der Waals surface area contributed by atoms with Crippen molar-refractivity contribution in [2.24, 2.45) is 0 Å². The van der Waals surface area contributed by atoms with Crippen molar-refractivity contribution in [2.75, 3.05) is 7.11 Å². The van der Waals surface area contributed by atoms with E-state index < -0.39 is 12.0 Å². The Bertz CT molecular complexity index is 864. The van der Waals surface area contributed by atoms with Gasteiger partial charge in [-0.3, -0.25) is 14.6 Å². The Labute approximate surface area is 142 Å². The van der Waals surface area contributed by atoms with Gasteiger partial charge in [-0.05, 0) is 23.6 Å². The average Bonchev–Trinajstić information content (AvgIpc) is 3.15. The number of methoxy groups -OCH3 is 1. The maximum Gasteiger partial charge on any atom is 0.307 e. The summed E-state index contributed by atoms with van der Waals surface area (Å²) in [5, 5.41) is 4.72. The number of rotatable bonds is 5. The maximum absolute atomic E-state index is 12.5. The van der Waals surface area contributed by atoms with Gasteiger partial charge in [0.2, 0.25) is 0 Å². The zero-order valence-electron chi connectivity index (χ0n) is 12.9. The van der Waals surface area contributed by atoms with Crippen LogP contribution >= 0.6 is 11.3 Å². The largest absolute Gasteiger partial charge is 0.469 e. The molecule has 7 heteroatoms. The first-order valence-electron chi connectivity index (χ1n) is 7.30. The fourth-order valence-corrected chi connectivity index (χ4v) is 3.04. The molecule has 24 heavy (non-hydrogen) atoms. The second-order valence-corrected chi connectivity index (χ2v) is 6.04. The highest BCUT2D eigenvalue weighted by molar-refractivity contribution is 7.10. The zero-order valence-corrected chi connectivity index (χ0v) is 13.7. The molecule has 0 spiro atoms. The molecule has 0 bridgehead atoms. The Morgan fingerprint density at radius 3 is 2.71 bits per heavy atom. The molecule has 2 aromatic heterocycles. The van der Waals surface area contributed by atoms with Crippen LogP contribution in [0.5, 0.6) is 0 Å². The normalized spacial score (nSPS) is 11.9. The van der Waals surface area contributed by atoms with Crippen molar-refractivity contribution in [3.63, 3.8) is 0 Å². The number of nitrogens with one attached hydrogen (secondary N) is 1. The van der Waals surface area contributed by atoms with Gasteiger partial charge >= 0.3 is 5.97 Å². The first-order valence-corrected chi connectivity index (χ1v) is 8.18. The van der Waals surface area contributed by atoms with E-state index in [1.165, 1.54) is 24.6 Å². The number of nitrogens with zero attached hydrogens (tertiary/aromatic N) is 2. The third kappa shape index (κ3) is 3.57. The third-order valence-corrected chi connectivity index (χ3v) is 4.46. The standard InChI is InChI=1S/C17H15N3O3S/c1-23-16(21)9-13(15-7-4-8-24-15)20-17(22)14-10-18-11-5-2-3-6-12(11)19-14/h2-8,10,13H,9H2,1H3,(H,20,22). The van der Waals surface area contributed by atoms with Crippen LogP contribution in [0.15, 0.2) is 48.0 Å². The summed E-state index contributed by atoms with van der Waals surface area (Å²) in [6.45, 7) is 0. The van der Waals surface area contributed by atoms with E-state index in [9.17, 15) is 9.59 Å². The number of hydrogen-bond donors (Lipinski definition) is 1. The van der Waals surface area contributed by atoms with Crippen molar-refractivity contribution in [3.8, 4) is 0 Å². The maximum atomic E-state index is 12.5. The van der Waals surface area contributed by atoms with Gasteiger partial charge in [0.05, 0.1) is 36.8 Å². The second kappa shape index (κ2) is 7.18. The van der Waals surface area contributed by atoms with Crippen LogP contribution in [0.1, 0.15) is 27.8 Å². The highest BCUT2D eigenvalue weighted by Gasteiger charge is 2.21. The number of carbonyl (C=O) groups is 2. The highest BCUT2D eigenvalue weighted by Crippen LogP contribution is 2.23. The van der Waals surface area contributed by atoms with Crippen molar-refractivity contribution in [2.45, 2.75) is 12.5 Å². The van der Waals surface area contributed by atoms with Crippen LogP contribution in [0.3, 0.4) is 0 Å². The molecule has 0 saturated heterocycles. The first-order chi connectivity index (χ1) is 11.7. The van der Waals surface area contributed by atoms with Gasteiger partial charge in [-0.25, -0.2) is 4.98 Å². The van der Waals surface area contributed by atoms with E-state index in [1.54, 1.807) is 6.07 Å². The Hall–Kier alpha value is -2.80. The summed E-state index contributed by atoms with van der Waals surface area (Å²) < 4.78 is 4.71. The number of para-hydroxylation sites is 2. The van der Waals surface area contributed by atoms with E-state index in [1.807, 2.05) is 35.7 Å². The number of thiophene rings is 1. The summed E-state index contributed by atoms with van der Waals surface area (Å²) in [4.78, 5) is 33.6. The molecule has 1 aromatic carbocycles. The van der Waals surface area contributed by atoms with Gasteiger partial charge in [0.1, 0.15) is 5.69 Å². The van der Waals surface area contributed by atoms with Crippen LogP contribution in [-0.4, -0.2) is 29.0 Å². The second-order valence-electron chi connectivity index (χ2n) is 5.07. The van der Waals surface area contributed by atoms with Gasteiger partial charge in [0.25, 0.3) is 5.91 Å².